The Morgan fingerprint density at radius 3 is 2.24 bits per heavy atom. The molecule has 0 bridgehead atoms. The van der Waals surface area contributed by atoms with E-state index in [1.807, 2.05) is 54.6 Å². The Balaban J connectivity index is 1.85. The first-order valence-corrected chi connectivity index (χ1v) is 7.63. The number of hydrogen-bond acceptors (Lipinski definition) is 2. The molecule has 1 saturated carbocycles. The molecule has 0 heterocycles. The van der Waals surface area contributed by atoms with Crippen LogP contribution < -0.4 is 4.74 Å². The summed E-state index contributed by atoms with van der Waals surface area (Å²) in [5.74, 6) is 1.47. The molecule has 0 spiro atoms. The van der Waals surface area contributed by atoms with Crippen molar-refractivity contribution in [2.45, 2.75) is 31.8 Å². The largest absolute Gasteiger partial charge is 0.485 e. The highest BCUT2D eigenvalue weighted by molar-refractivity contribution is 5.74. The molecule has 0 aromatic heterocycles. The van der Waals surface area contributed by atoms with Crippen molar-refractivity contribution in [3.05, 3.63) is 65.7 Å². The van der Waals surface area contributed by atoms with Crippen LogP contribution in [-0.4, -0.2) is 6.29 Å². The highest BCUT2D eigenvalue weighted by Gasteiger charge is 2.28. The monoisotopic (exact) mass is 280 g/mol. The summed E-state index contributed by atoms with van der Waals surface area (Å²) >= 11 is 0. The predicted octanol–water partition coefficient (Wildman–Crippen LogP) is 4.81. The van der Waals surface area contributed by atoms with E-state index in [4.69, 9.17) is 4.74 Å². The van der Waals surface area contributed by atoms with Crippen LogP contribution in [0.15, 0.2) is 54.6 Å². The maximum absolute atomic E-state index is 10.8. The van der Waals surface area contributed by atoms with Crippen LogP contribution in [0.3, 0.4) is 0 Å². The van der Waals surface area contributed by atoms with Crippen LogP contribution in [0.1, 0.15) is 47.7 Å². The number of carbonyl (C=O) groups excluding carboxylic acids is 1. The molecule has 1 aliphatic rings. The van der Waals surface area contributed by atoms with Crippen molar-refractivity contribution in [3.63, 3.8) is 0 Å². The van der Waals surface area contributed by atoms with Gasteiger partial charge >= 0.3 is 0 Å². The van der Waals surface area contributed by atoms with Gasteiger partial charge in [-0.25, -0.2) is 0 Å². The summed E-state index contributed by atoms with van der Waals surface area (Å²) in [7, 11) is 0. The number of ether oxygens (including phenoxy) is 1. The maximum Gasteiger partial charge on any atom is 0.150 e. The lowest BCUT2D eigenvalue weighted by atomic mass is 9.93. The second-order valence-electron chi connectivity index (χ2n) is 5.68. The third kappa shape index (κ3) is 3.33. The lowest BCUT2D eigenvalue weighted by Gasteiger charge is -2.25. The van der Waals surface area contributed by atoms with Crippen molar-refractivity contribution in [1.29, 1.82) is 0 Å². The van der Waals surface area contributed by atoms with Crippen molar-refractivity contribution in [2.24, 2.45) is 5.92 Å². The van der Waals surface area contributed by atoms with Crippen LogP contribution in [0.2, 0.25) is 0 Å². The van der Waals surface area contributed by atoms with Gasteiger partial charge in [-0.2, -0.15) is 0 Å². The van der Waals surface area contributed by atoms with Crippen molar-refractivity contribution >= 4 is 6.29 Å². The highest BCUT2D eigenvalue weighted by atomic mass is 16.5. The zero-order chi connectivity index (χ0) is 14.5. The van der Waals surface area contributed by atoms with Crippen molar-refractivity contribution in [1.82, 2.24) is 0 Å². The quantitative estimate of drug-likeness (QED) is 0.735. The van der Waals surface area contributed by atoms with Crippen LogP contribution in [0.4, 0.5) is 0 Å². The Bertz CT molecular complexity index is 568. The van der Waals surface area contributed by atoms with E-state index in [1.165, 1.54) is 25.7 Å². The van der Waals surface area contributed by atoms with E-state index in [-0.39, 0.29) is 6.10 Å². The van der Waals surface area contributed by atoms with Gasteiger partial charge in [-0.1, -0.05) is 55.3 Å². The molecule has 0 aliphatic heterocycles. The smallest absolute Gasteiger partial charge is 0.150 e. The fourth-order valence-electron chi connectivity index (χ4n) is 3.11. The van der Waals surface area contributed by atoms with E-state index in [9.17, 15) is 4.79 Å². The minimum atomic E-state index is 0.0793. The van der Waals surface area contributed by atoms with Gasteiger partial charge in [-0.05, 0) is 30.5 Å². The van der Waals surface area contributed by atoms with Crippen LogP contribution >= 0.6 is 0 Å². The molecule has 2 aromatic rings. The Labute approximate surface area is 125 Å². The zero-order valence-electron chi connectivity index (χ0n) is 12.1. The molecule has 1 fully saturated rings. The summed E-state index contributed by atoms with van der Waals surface area (Å²) < 4.78 is 6.27. The molecule has 1 unspecified atom stereocenters. The fraction of sp³-hybridized carbons (Fsp3) is 0.316. The van der Waals surface area contributed by atoms with E-state index >= 15 is 0 Å². The minimum Gasteiger partial charge on any atom is -0.485 e. The van der Waals surface area contributed by atoms with Gasteiger partial charge in [-0.15, -0.1) is 0 Å². The van der Waals surface area contributed by atoms with Gasteiger partial charge in [0, 0.05) is 11.5 Å². The number of rotatable bonds is 5. The summed E-state index contributed by atoms with van der Waals surface area (Å²) in [6, 6.07) is 17.8. The van der Waals surface area contributed by atoms with Gasteiger partial charge in [0.15, 0.2) is 0 Å². The van der Waals surface area contributed by atoms with Gasteiger partial charge in [0.25, 0.3) is 0 Å². The van der Waals surface area contributed by atoms with Crippen LogP contribution in [0.25, 0.3) is 0 Å². The molecule has 1 aliphatic carbocycles. The van der Waals surface area contributed by atoms with Crippen LogP contribution in [0, 0.1) is 5.92 Å². The van der Waals surface area contributed by atoms with Crippen LogP contribution in [0.5, 0.6) is 5.75 Å². The lowest BCUT2D eigenvalue weighted by molar-refractivity contribution is 0.112. The molecule has 108 valence electrons. The third-order valence-corrected chi connectivity index (χ3v) is 4.24. The van der Waals surface area contributed by atoms with Crippen molar-refractivity contribution in [2.75, 3.05) is 0 Å². The second-order valence-corrected chi connectivity index (χ2v) is 5.68. The molecule has 2 heteroatoms. The third-order valence-electron chi connectivity index (χ3n) is 4.24. The number of carbonyl (C=O) groups is 1. The minimum absolute atomic E-state index is 0.0793. The molecule has 0 amide bonds. The first kappa shape index (κ1) is 13.9. The highest BCUT2D eigenvalue weighted by Crippen LogP contribution is 2.38. The first-order chi connectivity index (χ1) is 10.4. The van der Waals surface area contributed by atoms with Gasteiger partial charge in [0.05, 0.1) is 0 Å². The average Bonchev–Trinajstić information content (AvgIpc) is 3.08. The normalized spacial score (nSPS) is 16.6. The van der Waals surface area contributed by atoms with Gasteiger partial charge in [0.2, 0.25) is 0 Å². The molecule has 2 nitrogen and oxygen atoms in total. The summed E-state index contributed by atoms with van der Waals surface area (Å²) in [5, 5.41) is 0. The summed E-state index contributed by atoms with van der Waals surface area (Å²) in [4.78, 5) is 10.8. The molecule has 21 heavy (non-hydrogen) atoms. The van der Waals surface area contributed by atoms with E-state index in [0.29, 0.717) is 11.5 Å². The molecule has 0 radical (unpaired) electrons. The SMILES string of the molecule is O=Cc1ccc(C(Oc2ccccc2)C2CCCC2)cc1. The Morgan fingerprint density at radius 1 is 0.952 bits per heavy atom. The number of hydrogen-bond donors (Lipinski definition) is 0. The molecular weight excluding hydrogens is 260 g/mol. The Hall–Kier alpha value is -2.09. The summed E-state index contributed by atoms with van der Waals surface area (Å²) in [6.45, 7) is 0. The Morgan fingerprint density at radius 2 is 1.62 bits per heavy atom. The van der Waals surface area contributed by atoms with Crippen LogP contribution in [-0.2, 0) is 0 Å². The lowest BCUT2D eigenvalue weighted by Crippen LogP contribution is -2.16. The topological polar surface area (TPSA) is 26.3 Å². The standard InChI is InChI=1S/C19H20O2/c20-14-15-10-12-17(13-11-15)19(16-6-4-5-7-16)21-18-8-2-1-3-9-18/h1-3,8-14,16,19H,4-7H2. The number of aldehydes is 1. The summed E-state index contributed by atoms with van der Waals surface area (Å²) in [6.07, 6.45) is 5.96. The maximum atomic E-state index is 10.8. The Kier molecular flexibility index (Phi) is 4.34. The average molecular weight is 280 g/mol. The molecule has 2 aromatic carbocycles. The molecular formula is C19H20O2. The van der Waals surface area contributed by atoms with E-state index in [2.05, 4.69) is 0 Å². The van der Waals surface area contributed by atoms with Crippen molar-refractivity contribution < 1.29 is 9.53 Å². The second kappa shape index (κ2) is 6.57. The van der Waals surface area contributed by atoms with Gasteiger partial charge < -0.3 is 4.74 Å². The van der Waals surface area contributed by atoms with E-state index < -0.39 is 0 Å². The molecule has 0 N–H and O–H groups in total. The summed E-state index contributed by atoms with van der Waals surface area (Å²) in [5.41, 5.74) is 1.87. The van der Waals surface area contributed by atoms with Crippen molar-refractivity contribution in [3.8, 4) is 5.75 Å². The number of benzene rings is 2. The molecule has 1 atom stereocenters. The molecule has 0 saturated heterocycles. The van der Waals surface area contributed by atoms with E-state index in [0.717, 1.165) is 17.6 Å². The molecule has 3 rings (SSSR count). The van der Waals surface area contributed by atoms with Gasteiger partial charge in [0.1, 0.15) is 18.1 Å². The van der Waals surface area contributed by atoms with Gasteiger partial charge in [-0.3, -0.25) is 4.79 Å². The first-order valence-electron chi connectivity index (χ1n) is 7.63. The predicted molar refractivity (Wildman–Crippen MR) is 83.6 cm³/mol. The zero-order valence-corrected chi connectivity index (χ0v) is 12.1. The number of para-hydroxylation sites is 1. The fourth-order valence-corrected chi connectivity index (χ4v) is 3.11. The van der Waals surface area contributed by atoms with E-state index in [1.54, 1.807) is 0 Å².